The molecule has 0 radical (unpaired) electrons. The molecule has 0 bridgehead atoms. The van der Waals surface area contributed by atoms with Crippen LogP contribution >= 0.6 is 0 Å². The molecule has 1 fully saturated rings. The number of anilines is 1. The van der Waals surface area contributed by atoms with Crippen molar-refractivity contribution in [1.29, 1.82) is 0 Å². The van der Waals surface area contributed by atoms with E-state index < -0.39 is 0 Å². The van der Waals surface area contributed by atoms with E-state index in [2.05, 4.69) is 15.2 Å². The second-order valence-corrected chi connectivity index (χ2v) is 4.29. The number of carbonyl (C=O) groups excluding carboxylic acids is 1. The van der Waals surface area contributed by atoms with Crippen molar-refractivity contribution in [2.24, 2.45) is 0 Å². The van der Waals surface area contributed by atoms with E-state index in [0.29, 0.717) is 12.2 Å². The Labute approximate surface area is 107 Å². The summed E-state index contributed by atoms with van der Waals surface area (Å²) in [6.45, 7) is 7.94. The lowest BCUT2D eigenvalue weighted by Gasteiger charge is -2.30. The van der Waals surface area contributed by atoms with Gasteiger partial charge in [-0.1, -0.05) is 0 Å². The molecule has 5 nitrogen and oxygen atoms in total. The molecule has 2 heterocycles. The smallest absolute Gasteiger partial charge is 0.340 e. The van der Waals surface area contributed by atoms with E-state index in [9.17, 15) is 4.79 Å². The molecular formula is C13H19N3O2. The molecular weight excluding hydrogens is 230 g/mol. The Bertz CT molecular complexity index is 428. The molecule has 1 aromatic rings. The summed E-state index contributed by atoms with van der Waals surface area (Å²) in [6, 6.07) is 0. The lowest BCUT2D eigenvalue weighted by molar-refractivity contribution is 0.0525. The highest BCUT2D eigenvalue weighted by Crippen LogP contribution is 2.22. The van der Waals surface area contributed by atoms with Gasteiger partial charge in [-0.05, 0) is 19.4 Å². The van der Waals surface area contributed by atoms with Crippen molar-refractivity contribution < 1.29 is 9.53 Å². The first kappa shape index (κ1) is 12.8. The Morgan fingerprint density at radius 2 is 2.17 bits per heavy atom. The van der Waals surface area contributed by atoms with Crippen LogP contribution in [0, 0.1) is 6.92 Å². The molecule has 1 aliphatic rings. The highest BCUT2D eigenvalue weighted by atomic mass is 16.5. The van der Waals surface area contributed by atoms with Crippen molar-refractivity contribution in [2.75, 3.05) is 37.7 Å². The van der Waals surface area contributed by atoms with Gasteiger partial charge in [-0.25, -0.2) is 4.79 Å². The van der Waals surface area contributed by atoms with Gasteiger partial charge in [0.25, 0.3) is 0 Å². The molecule has 1 aliphatic heterocycles. The first-order valence-electron chi connectivity index (χ1n) is 6.31. The zero-order chi connectivity index (χ0) is 13.0. The number of ether oxygens (including phenoxy) is 1. The van der Waals surface area contributed by atoms with Crippen LogP contribution in [0.3, 0.4) is 0 Å². The number of pyridine rings is 1. The van der Waals surface area contributed by atoms with Gasteiger partial charge < -0.3 is 15.0 Å². The maximum absolute atomic E-state index is 11.8. The third-order valence-electron chi connectivity index (χ3n) is 3.14. The minimum absolute atomic E-state index is 0.292. The second-order valence-electron chi connectivity index (χ2n) is 4.29. The number of aromatic nitrogens is 1. The first-order valence-corrected chi connectivity index (χ1v) is 6.31. The summed E-state index contributed by atoms with van der Waals surface area (Å²) in [5.74, 6) is -0.292. The molecule has 1 N–H and O–H groups in total. The van der Waals surface area contributed by atoms with Gasteiger partial charge in [0.05, 0.1) is 24.1 Å². The van der Waals surface area contributed by atoms with E-state index in [0.717, 1.165) is 37.4 Å². The standard InChI is InChI=1S/C13H19N3O2/c1-3-18-13(17)11-8-15-9-12(10(11)2)16-6-4-14-5-7-16/h8-9,14H,3-7H2,1-2H3. The zero-order valence-corrected chi connectivity index (χ0v) is 10.9. The molecule has 0 aromatic carbocycles. The number of esters is 1. The molecule has 2 rings (SSSR count). The maximum Gasteiger partial charge on any atom is 0.340 e. The summed E-state index contributed by atoms with van der Waals surface area (Å²) in [4.78, 5) is 18.2. The van der Waals surface area contributed by atoms with Gasteiger partial charge >= 0.3 is 5.97 Å². The molecule has 0 spiro atoms. The van der Waals surface area contributed by atoms with Gasteiger partial charge in [-0.15, -0.1) is 0 Å². The number of rotatable bonds is 3. The Balaban J connectivity index is 2.26. The molecule has 5 heteroatoms. The van der Waals surface area contributed by atoms with Gasteiger partial charge in [0, 0.05) is 32.4 Å². The topological polar surface area (TPSA) is 54.5 Å². The number of hydrogen-bond acceptors (Lipinski definition) is 5. The Morgan fingerprint density at radius 3 is 2.83 bits per heavy atom. The van der Waals surface area contributed by atoms with E-state index in [1.54, 1.807) is 13.1 Å². The van der Waals surface area contributed by atoms with Gasteiger partial charge in [-0.3, -0.25) is 4.98 Å². The minimum atomic E-state index is -0.292. The average molecular weight is 249 g/mol. The SMILES string of the molecule is CCOC(=O)c1cncc(N2CCNCC2)c1C. The summed E-state index contributed by atoms with van der Waals surface area (Å²) < 4.78 is 5.04. The van der Waals surface area contributed by atoms with Crippen LogP contribution in [0.4, 0.5) is 5.69 Å². The van der Waals surface area contributed by atoms with Gasteiger partial charge in [-0.2, -0.15) is 0 Å². The summed E-state index contributed by atoms with van der Waals surface area (Å²) >= 11 is 0. The highest BCUT2D eigenvalue weighted by molar-refractivity contribution is 5.92. The maximum atomic E-state index is 11.8. The van der Waals surface area contributed by atoms with Crippen molar-refractivity contribution in [3.63, 3.8) is 0 Å². The van der Waals surface area contributed by atoms with Crippen molar-refractivity contribution in [2.45, 2.75) is 13.8 Å². The Morgan fingerprint density at radius 1 is 1.44 bits per heavy atom. The summed E-state index contributed by atoms with van der Waals surface area (Å²) in [7, 11) is 0. The van der Waals surface area contributed by atoms with Gasteiger partial charge in [0.1, 0.15) is 0 Å². The quantitative estimate of drug-likeness (QED) is 0.809. The van der Waals surface area contributed by atoms with E-state index in [1.807, 2.05) is 13.1 Å². The van der Waals surface area contributed by atoms with Crippen LogP contribution in [-0.4, -0.2) is 43.7 Å². The van der Waals surface area contributed by atoms with E-state index in [-0.39, 0.29) is 5.97 Å². The third kappa shape index (κ3) is 2.61. The highest BCUT2D eigenvalue weighted by Gasteiger charge is 2.18. The largest absolute Gasteiger partial charge is 0.462 e. The Hall–Kier alpha value is -1.62. The lowest BCUT2D eigenvalue weighted by Crippen LogP contribution is -2.44. The van der Waals surface area contributed by atoms with E-state index in [4.69, 9.17) is 4.74 Å². The van der Waals surface area contributed by atoms with Crippen molar-refractivity contribution in [3.8, 4) is 0 Å². The second kappa shape index (κ2) is 5.82. The third-order valence-corrected chi connectivity index (χ3v) is 3.14. The molecule has 0 amide bonds. The van der Waals surface area contributed by atoms with Gasteiger partial charge in [0.2, 0.25) is 0 Å². The fourth-order valence-electron chi connectivity index (χ4n) is 2.15. The molecule has 18 heavy (non-hydrogen) atoms. The summed E-state index contributed by atoms with van der Waals surface area (Å²) in [5.41, 5.74) is 2.54. The molecule has 0 unspecified atom stereocenters. The number of carbonyl (C=O) groups is 1. The van der Waals surface area contributed by atoms with Crippen LogP contribution in [0.2, 0.25) is 0 Å². The molecule has 1 aromatic heterocycles. The average Bonchev–Trinajstić information content (AvgIpc) is 2.40. The molecule has 1 saturated heterocycles. The molecule has 0 atom stereocenters. The number of nitrogens with zero attached hydrogens (tertiary/aromatic N) is 2. The van der Waals surface area contributed by atoms with Gasteiger partial charge in [0.15, 0.2) is 0 Å². The normalized spacial score (nSPS) is 15.6. The van der Waals surface area contributed by atoms with Crippen molar-refractivity contribution in [3.05, 3.63) is 23.5 Å². The summed E-state index contributed by atoms with van der Waals surface area (Å²) in [5, 5.41) is 3.31. The van der Waals surface area contributed by atoms with Crippen molar-refractivity contribution >= 4 is 11.7 Å². The lowest BCUT2D eigenvalue weighted by atomic mass is 10.1. The first-order chi connectivity index (χ1) is 8.74. The van der Waals surface area contributed by atoms with Crippen LogP contribution in [-0.2, 0) is 4.74 Å². The van der Waals surface area contributed by atoms with E-state index in [1.165, 1.54) is 0 Å². The molecule has 98 valence electrons. The number of nitrogens with one attached hydrogen (secondary N) is 1. The minimum Gasteiger partial charge on any atom is -0.462 e. The van der Waals surface area contributed by atoms with Crippen LogP contribution in [0.25, 0.3) is 0 Å². The number of piperazine rings is 1. The van der Waals surface area contributed by atoms with Crippen LogP contribution in [0.15, 0.2) is 12.4 Å². The van der Waals surface area contributed by atoms with Crippen LogP contribution in [0.5, 0.6) is 0 Å². The summed E-state index contributed by atoms with van der Waals surface area (Å²) in [6.07, 6.45) is 3.41. The number of hydrogen-bond donors (Lipinski definition) is 1. The Kier molecular flexibility index (Phi) is 4.15. The molecule has 0 aliphatic carbocycles. The van der Waals surface area contributed by atoms with Crippen LogP contribution in [0.1, 0.15) is 22.8 Å². The fourth-order valence-corrected chi connectivity index (χ4v) is 2.15. The zero-order valence-electron chi connectivity index (χ0n) is 10.9. The monoisotopic (exact) mass is 249 g/mol. The predicted molar refractivity (Wildman–Crippen MR) is 70.0 cm³/mol. The van der Waals surface area contributed by atoms with Crippen molar-refractivity contribution in [1.82, 2.24) is 10.3 Å². The molecule has 0 saturated carbocycles. The fraction of sp³-hybridized carbons (Fsp3) is 0.538. The predicted octanol–water partition coefficient (Wildman–Crippen LogP) is 0.976. The van der Waals surface area contributed by atoms with E-state index >= 15 is 0 Å². The van der Waals surface area contributed by atoms with Crippen LogP contribution < -0.4 is 10.2 Å².